The van der Waals surface area contributed by atoms with Gasteiger partial charge in [0.25, 0.3) is 0 Å². The smallest absolute Gasteiger partial charge is 0.224 e. The van der Waals surface area contributed by atoms with Crippen LogP contribution in [0.5, 0.6) is 0 Å². The van der Waals surface area contributed by atoms with Crippen LogP contribution in [0.4, 0.5) is 16.2 Å². The molecule has 0 aromatic carbocycles. The molecule has 0 unspecified atom stereocenters. The van der Waals surface area contributed by atoms with Crippen LogP contribution in [-0.4, -0.2) is 32.2 Å². The first kappa shape index (κ1) is 21.9. The summed E-state index contributed by atoms with van der Waals surface area (Å²) in [4.78, 5) is 12.9. The molecule has 7 nitrogen and oxygen atoms in total. The number of nitriles is 1. The van der Waals surface area contributed by atoms with Gasteiger partial charge in [-0.15, -0.1) is 0 Å². The molecule has 2 heterocycles. The van der Waals surface area contributed by atoms with Crippen molar-refractivity contribution >= 4 is 11.8 Å². The molecule has 0 spiro atoms. The molecule has 2 atom stereocenters. The van der Waals surface area contributed by atoms with Gasteiger partial charge in [-0.2, -0.15) is 10.2 Å². The molecule has 2 aromatic heterocycles. The molecule has 1 saturated carbocycles. The zero-order chi connectivity index (χ0) is 21.9. The zero-order valence-corrected chi connectivity index (χ0v) is 17.9. The number of aliphatic hydroxyl groups excluding tert-OH is 1. The Labute approximate surface area is 176 Å². The summed E-state index contributed by atoms with van der Waals surface area (Å²) in [5.41, 5.74) is -0.318. The molecular weight excluding hydrogens is 383 g/mol. The number of anilines is 2. The average Bonchev–Trinajstić information content (AvgIpc) is 2.68. The van der Waals surface area contributed by atoms with E-state index in [1.807, 2.05) is 19.9 Å². The molecule has 1 aliphatic carbocycles. The van der Waals surface area contributed by atoms with E-state index < -0.39 is 5.67 Å². The highest BCUT2D eigenvalue weighted by Crippen LogP contribution is 2.37. The summed E-state index contributed by atoms with van der Waals surface area (Å²) >= 11 is 0. The number of halogens is 1. The number of nitrogens with one attached hydrogen (secondary N) is 2. The minimum absolute atomic E-state index is 0.107. The molecule has 1 fully saturated rings. The van der Waals surface area contributed by atoms with Crippen LogP contribution >= 0.6 is 0 Å². The number of alkyl halides is 1. The standard InChI is InChI=1S/C22H29FN6O/c1-21(2)10-16(7-8-17(21)30)28-19-15(11-24)13-27-20(29-19)26-12-14-6-5-9-25-18(14)22(3,4)23/h5-6,9,13,16-17,30H,7-8,10,12H2,1-4H3,(H2,26,27,28,29)/t16-,17+/m1/s1. The summed E-state index contributed by atoms with van der Waals surface area (Å²) in [6, 6.07) is 5.80. The van der Waals surface area contributed by atoms with Crippen molar-refractivity contribution in [2.24, 2.45) is 5.41 Å². The Kier molecular flexibility index (Phi) is 6.22. The molecule has 0 aliphatic heterocycles. The molecule has 0 amide bonds. The molecule has 8 heteroatoms. The van der Waals surface area contributed by atoms with Crippen molar-refractivity contribution < 1.29 is 9.50 Å². The van der Waals surface area contributed by atoms with E-state index in [-0.39, 0.29) is 17.6 Å². The summed E-state index contributed by atoms with van der Waals surface area (Å²) in [5, 5.41) is 26.1. The second-order valence-corrected chi connectivity index (χ2v) is 9.03. The third-order valence-electron chi connectivity index (χ3n) is 5.60. The van der Waals surface area contributed by atoms with Gasteiger partial charge in [0.05, 0.1) is 18.0 Å². The maximum absolute atomic E-state index is 14.4. The maximum Gasteiger partial charge on any atom is 0.224 e. The number of rotatable bonds is 6. The molecule has 3 rings (SSSR count). The number of hydrogen-bond donors (Lipinski definition) is 3. The summed E-state index contributed by atoms with van der Waals surface area (Å²) in [6.45, 7) is 7.34. The van der Waals surface area contributed by atoms with Gasteiger partial charge in [0.2, 0.25) is 5.95 Å². The van der Waals surface area contributed by atoms with Gasteiger partial charge in [-0.25, -0.2) is 9.37 Å². The Morgan fingerprint density at radius 1 is 1.33 bits per heavy atom. The molecule has 0 radical (unpaired) electrons. The molecule has 3 N–H and O–H groups in total. The first-order chi connectivity index (χ1) is 14.1. The summed E-state index contributed by atoms with van der Waals surface area (Å²) in [7, 11) is 0. The summed E-state index contributed by atoms with van der Waals surface area (Å²) in [5.74, 6) is 0.808. The number of aromatic nitrogens is 3. The maximum atomic E-state index is 14.4. The van der Waals surface area contributed by atoms with Crippen LogP contribution in [0, 0.1) is 16.7 Å². The first-order valence-corrected chi connectivity index (χ1v) is 10.2. The van der Waals surface area contributed by atoms with Crippen LogP contribution in [0.1, 0.15) is 63.8 Å². The van der Waals surface area contributed by atoms with E-state index in [4.69, 9.17) is 0 Å². The lowest BCUT2D eigenvalue weighted by molar-refractivity contribution is 0.00926. The van der Waals surface area contributed by atoms with E-state index in [1.165, 1.54) is 20.0 Å². The monoisotopic (exact) mass is 412 g/mol. The van der Waals surface area contributed by atoms with Gasteiger partial charge in [0.1, 0.15) is 23.1 Å². The summed E-state index contributed by atoms with van der Waals surface area (Å²) < 4.78 is 14.4. The highest BCUT2D eigenvalue weighted by molar-refractivity contribution is 5.54. The zero-order valence-electron chi connectivity index (χ0n) is 17.9. The van der Waals surface area contributed by atoms with Crippen molar-refractivity contribution in [3.63, 3.8) is 0 Å². The van der Waals surface area contributed by atoms with Gasteiger partial charge in [-0.3, -0.25) is 4.98 Å². The number of pyridine rings is 1. The third-order valence-corrected chi connectivity index (χ3v) is 5.60. The lowest BCUT2D eigenvalue weighted by Crippen LogP contribution is -2.41. The Morgan fingerprint density at radius 2 is 2.10 bits per heavy atom. The molecule has 1 aliphatic rings. The third kappa shape index (κ3) is 5.03. The van der Waals surface area contributed by atoms with Crippen molar-refractivity contribution in [1.82, 2.24) is 15.0 Å². The van der Waals surface area contributed by atoms with Crippen LogP contribution in [0.3, 0.4) is 0 Å². The first-order valence-electron chi connectivity index (χ1n) is 10.2. The fourth-order valence-corrected chi connectivity index (χ4v) is 3.89. The van der Waals surface area contributed by atoms with Crippen molar-refractivity contribution in [2.45, 2.75) is 71.3 Å². The summed E-state index contributed by atoms with van der Waals surface area (Å²) in [6.07, 6.45) is 4.99. The number of hydrogen-bond acceptors (Lipinski definition) is 7. The van der Waals surface area contributed by atoms with Crippen molar-refractivity contribution in [3.05, 3.63) is 41.3 Å². The van der Waals surface area contributed by atoms with Crippen LogP contribution in [0.2, 0.25) is 0 Å². The van der Waals surface area contributed by atoms with Gasteiger partial charge in [0.15, 0.2) is 0 Å². The molecule has 0 saturated heterocycles. The van der Waals surface area contributed by atoms with Crippen LogP contribution < -0.4 is 10.6 Å². The Bertz CT molecular complexity index is 934. The van der Waals surface area contributed by atoms with Gasteiger partial charge < -0.3 is 15.7 Å². The van der Waals surface area contributed by atoms with Crippen molar-refractivity contribution in [3.8, 4) is 6.07 Å². The number of aliphatic hydroxyl groups is 1. The Hall–Kier alpha value is -2.79. The van der Waals surface area contributed by atoms with E-state index in [0.29, 0.717) is 36.0 Å². The van der Waals surface area contributed by atoms with Gasteiger partial charge in [-0.05, 0) is 50.2 Å². The van der Waals surface area contributed by atoms with Gasteiger partial charge in [0, 0.05) is 18.8 Å². The van der Waals surface area contributed by atoms with Crippen LogP contribution in [0.15, 0.2) is 24.5 Å². The molecular formula is C22H29FN6O. The SMILES string of the molecule is CC(C)(F)c1ncccc1CNc1ncc(C#N)c(N[C@@H]2CC[C@H](O)C(C)(C)C2)n1. The Balaban J connectivity index is 1.75. The lowest BCUT2D eigenvalue weighted by Gasteiger charge is -2.40. The highest BCUT2D eigenvalue weighted by Gasteiger charge is 2.36. The van der Waals surface area contributed by atoms with E-state index in [1.54, 1.807) is 12.3 Å². The Morgan fingerprint density at radius 3 is 2.77 bits per heavy atom. The molecule has 160 valence electrons. The van der Waals surface area contributed by atoms with E-state index in [9.17, 15) is 14.8 Å². The van der Waals surface area contributed by atoms with Crippen LogP contribution in [-0.2, 0) is 12.2 Å². The van der Waals surface area contributed by atoms with E-state index in [0.717, 1.165) is 18.4 Å². The molecule has 30 heavy (non-hydrogen) atoms. The largest absolute Gasteiger partial charge is 0.393 e. The highest BCUT2D eigenvalue weighted by atomic mass is 19.1. The van der Waals surface area contributed by atoms with Gasteiger partial charge >= 0.3 is 0 Å². The lowest BCUT2D eigenvalue weighted by atomic mass is 9.73. The second kappa shape index (κ2) is 8.52. The predicted octanol–water partition coefficient (Wildman–Crippen LogP) is 3.91. The minimum Gasteiger partial charge on any atom is -0.393 e. The fraction of sp³-hybridized carbons (Fsp3) is 0.545. The van der Waals surface area contributed by atoms with Crippen LogP contribution in [0.25, 0.3) is 0 Å². The fourth-order valence-electron chi connectivity index (χ4n) is 3.89. The topological polar surface area (TPSA) is 107 Å². The average molecular weight is 413 g/mol. The van der Waals surface area contributed by atoms with E-state index in [2.05, 4.69) is 31.7 Å². The molecule has 2 aromatic rings. The normalized spacial score (nSPS) is 21.0. The van der Waals surface area contributed by atoms with Crippen molar-refractivity contribution in [1.29, 1.82) is 5.26 Å². The van der Waals surface area contributed by atoms with Gasteiger partial charge in [-0.1, -0.05) is 19.9 Å². The molecule has 0 bridgehead atoms. The quantitative estimate of drug-likeness (QED) is 0.660. The van der Waals surface area contributed by atoms with E-state index >= 15 is 0 Å². The second-order valence-electron chi connectivity index (χ2n) is 9.03. The predicted molar refractivity (Wildman–Crippen MR) is 113 cm³/mol. The number of nitrogens with zero attached hydrogens (tertiary/aromatic N) is 4. The minimum atomic E-state index is -1.56. The van der Waals surface area contributed by atoms with Crippen molar-refractivity contribution in [2.75, 3.05) is 10.6 Å².